The van der Waals surface area contributed by atoms with Crippen molar-refractivity contribution in [2.75, 3.05) is 0 Å². The van der Waals surface area contributed by atoms with Crippen LogP contribution in [0.3, 0.4) is 0 Å². The van der Waals surface area contributed by atoms with Crippen LogP contribution in [0.5, 0.6) is 0 Å². The molecule has 2 fully saturated rings. The highest BCUT2D eigenvalue weighted by atomic mass is 16.6. The van der Waals surface area contributed by atoms with E-state index in [1.165, 1.54) is 13.8 Å². The van der Waals surface area contributed by atoms with Gasteiger partial charge in [-0.25, -0.2) is 0 Å². The number of fused-ring (bicyclic) bond motifs is 1. The van der Waals surface area contributed by atoms with E-state index in [1.807, 2.05) is 0 Å². The van der Waals surface area contributed by atoms with Crippen LogP contribution in [-0.4, -0.2) is 34.9 Å². The molecule has 0 spiro atoms. The van der Waals surface area contributed by atoms with Gasteiger partial charge in [-0.1, -0.05) is 40.2 Å². The van der Waals surface area contributed by atoms with Gasteiger partial charge in [-0.15, -0.1) is 6.58 Å². The summed E-state index contributed by atoms with van der Waals surface area (Å²) >= 11 is 0. The van der Waals surface area contributed by atoms with E-state index in [4.69, 9.17) is 9.47 Å². The minimum atomic E-state index is -0.931. The van der Waals surface area contributed by atoms with Gasteiger partial charge in [-0.05, 0) is 49.4 Å². The second-order valence-corrected chi connectivity index (χ2v) is 10.5. The summed E-state index contributed by atoms with van der Waals surface area (Å²) in [5, 5.41) is 10.5. The topological polar surface area (TPSA) is 72.8 Å². The van der Waals surface area contributed by atoms with E-state index in [9.17, 15) is 14.7 Å². The first-order chi connectivity index (χ1) is 13.2. The zero-order valence-electron chi connectivity index (χ0n) is 19.3. The minimum Gasteiger partial charge on any atom is -0.458 e. The molecule has 0 aromatic carbocycles. The Morgan fingerprint density at radius 2 is 1.69 bits per heavy atom. The summed E-state index contributed by atoms with van der Waals surface area (Å²) in [7, 11) is 0. The lowest BCUT2D eigenvalue weighted by Crippen LogP contribution is -2.64. The molecule has 5 nitrogen and oxygen atoms in total. The Morgan fingerprint density at radius 1 is 1.14 bits per heavy atom. The van der Waals surface area contributed by atoms with Crippen LogP contribution < -0.4 is 0 Å². The van der Waals surface area contributed by atoms with Gasteiger partial charge < -0.3 is 14.6 Å². The highest BCUT2D eigenvalue weighted by Gasteiger charge is 2.62. The molecule has 0 radical (unpaired) electrons. The number of hydrogen-bond acceptors (Lipinski definition) is 5. The summed E-state index contributed by atoms with van der Waals surface area (Å²) in [5.74, 6) is -0.371. The highest BCUT2D eigenvalue weighted by molar-refractivity contribution is 5.67. The summed E-state index contributed by atoms with van der Waals surface area (Å²) < 4.78 is 11.7. The molecule has 0 heterocycles. The molecule has 2 rings (SSSR count). The Morgan fingerprint density at radius 3 is 2.21 bits per heavy atom. The van der Waals surface area contributed by atoms with Gasteiger partial charge in [0.1, 0.15) is 12.2 Å². The largest absolute Gasteiger partial charge is 0.458 e. The third kappa shape index (κ3) is 4.87. The summed E-state index contributed by atoms with van der Waals surface area (Å²) in [6.45, 7) is 17.3. The summed E-state index contributed by atoms with van der Waals surface area (Å²) in [4.78, 5) is 24.0. The van der Waals surface area contributed by atoms with Gasteiger partial charge in [-0.3, -0.25) is 9.59 Å². The fourth-order valence-corrected chi connectivity index (χ4v) is 6.52. The van der Waals surface area contributed by atoms with Crippen molar-refractivity contribution in [1.82, 2.24) is 0 Å². The molecular formula is C24H40O5. The van der Waals surface area contributed by atoms with Gasteiger partial charge >= 0.3 is 11.9 Å². The average molecular weight is 409 g/mol. The Bertz CT molecular complexity index is 637. The molecule has 5 heteroatoms. The van der Waals surface area contributed by atoms with Crippen LogP contribution in [0, 0.1) is 28.6 Å². The van der Waals surface area contributed by atoms with E-state index in [0.717, 1.165) is 25.7 Å². The van der Waals surface area contributed by atoms with Gasteiger partial charge in [0.2, 0.25) is 0 Å². The quantitative estimate of drug-likeness (QED) is 0.511. The van der Waals surface area contributed by atoms with Crippen LogP contribution in [0.25, 0.3) is 0 Å². The predicted octanol–water partition coefficient (Wildman–Crippen LogP) is 4.67. The number of aliphatic hydroxyl groups is 1. The number of carbonyl (C=O) groups is 2. The fraction of sp³-hybridized carbons (Fsp3) is 0.833. The molecule has 0 aromatic heterocycles. The van der Waals surface area contributed by atoms with E-state index in [-0.39, 0.29) is 40.5 Å². The lowest BCUT2D eigenvalue weighted by Gasteiger charge is -2.63. The Kier molecular flexibility index (Phi) is 6.93. The molecule has 0 bridgehead atoms. The van der Waals surface area contributed by atoms with Gasteiger partial charge in [0.05, 0.1) is 5.60 Å². The lowest BCUT2D eigenvalue weighted by molar-refractivity contribution is -0.232. The molecule has 0 amide bonds. The smallest absolute Gasteiger partial charge is 0.303 e. The molecular weight excluding hydrogens is 368 g/mol. The first-order valence-electron chi connectivity index (χ1n) is 11.0. The van der Waals surface area contributed by atoms with E-state index in [2.05, 4.69) is 34.3 Å². The number of ether oxygens (including phenoxy) is 2. The molecule has 0 saturated heterocycles. The van der Waals surface area contributed by atoms with Crippen LogP contribution in [0.1, 0.15) is 80.6 Å². The van der Waals surface area contributed by atoms with Crippen LogP contribution in [0.15, 0.2) is 12.7 Å². The molecule has 29 heavy (non-hydrogen) atoms. The summed E-state index contributed by atoms with van der Waals surface area (Å²) in [6, 6.07) is 0. The van der Waals surface area contributed by atoms with Crippen LogP contribution >= 0.6 is 0 Å². The second kappa shape index (κ2) is 8.41. The molecule has 0 aromatic rings. The zero-order valence-corrected chi connectivity index (χ0v) is 19.3. The first-order valence-corrected chi connectivity index (χ1v) is 11.0. The van der Waals surface area contributed by atoms with Crippen molar-refractivity contribution in [1.29, 1.82) is 0 Å². The monoisotopic (exact) mass is 408 g/mol. The SMILES string of the molecule is C=CC(C)(O)CCC1C(C)[C@@H](OC(C)=O)[C@@H](OC(C)=O)C2C(C)(C)CCCC12C. The van der Waals surface area contributed by atoms with Gasteiger partial charge in [0.15, 0.2) is 0 Å². The number of carbonyl (C=O) groups excluding carboxylic acids is 2. The molecule has 2 aliphatic carbocycles. The molecule has 2 saturated carbocycles. The predicted molar refractivity (Wildman–Crippen MR) is 113 cm³/mol. The van der Waals surface area contributed by atoms with Gasteiger partial charge in [0, 0.05) is 25.7 Å². The third-order valence-corrected chi connectivity index (χ3v) is 7.75. The lowest BCUT2D eigenvalue weighted by atomic mass is 9.44. The summed E-state index contributed by atoms with van der Waals surface area (Å²) in [5.41, 5.74) is -1.06. The van der Waals surface area contributed by atoms with Crippen molar-refractivity contribution in [2.24, 2.45) is 28.6 Å². The maximum absolute atomic E-state index is 12.0. The molecule has 5 unspecified atom stereocenters. The van der Waals surface area contributed by atoms with E-state index >= 15 is 0 Å². The van der Waals surface area contributed by atoms with Crippen LogP contribution in [0.2, 0.25) is 0 Å². The standard InChI is InChI=1S/C24H40O5/c1-9-23(7,27)14-11-18-15(2)19(28-16(3)25)20(29-17(4)26)21-22(5,6)12-10-13-24(18,21)8/h9,15,18-21,27H,1,10-14H2,2-8H3/t15?,18?,19-,20-,21?,23?,24?/m1/s1. The third-order valence-electron chi connectivity index (χ3n) is 7.75. The normalized spacial score (nSPS) is 38.3. The van der Waals surface area contributed by atoms with Crippen molar-refractivity contribution in [3.05, 3.63) is 12.7 Å². The average Bonchev–Trinajstić information content (AvgIpc) is 2.56. The number of rotatable bonds is 6. The Labute approximate surface area is 176 Å². The highest BCUT2D eigenvalue weighted by Crippen LogP contribution is 2.63. The first kappa shape index (κ1) is 23.9. The number of esters is 2. The van der Waals surface area contributed by atoms with Crippen molar-refractivity contribution < 1.29 is 24.2 Å². The van der Waals surface area contributed by atoms with E-state index in [0.29, 0.717) is 6.42 Å². The van der Waals surface area contributed by atoms with Crippen LogP contribution in [-0.2, 0) is 19.1 Å². The fourth-order valence-electron chi connectivity index (χ4n) is 6.52. The Hall–Kier alpha value is -1.36. The van der Waals surface area contributed by atoms with Gasteiger partial charge in [0.25, 0.3) is 0 Å². The van der Waals surface area contributed by atoms with Crippen LogP contribution in [0.4, 0.5) is 0 Å². The van der Waals surface area contributed by atoms with E-state index in [1.54, 1.807) is 13.0 Å². The molecule has 166 valence electrons. The molecule has 1 N–H and O–H groups in total. The Balaban J connectivity index is 2.53. The maximum atomic E-state index is 12.0. The van der Waals surface area contributed by atoms with Crippen molar-refractivity contribution in [3.63, 3.8) is 0 Å². The van der Waals surface area contributed by atoms with E-state index < -0.39 is 17.8 Å². The summed E-state index contributed by atoms with van der Waals surface area (Å²) in [6.07, 6.45) is 5.25. The molecule has 0 aliphatic heterocycles. The maximum Gasteiger partial charge on any atom is 0.303 e. The number of hydrogen-bond donors (Lipinski definition) is 1. The van der Waals surface area contributed by atoms with Crippen molar-refractivity contribution >= 4 is 11.9 Å². The zero-order chi connectivity index (χ0) is 22.2. The minimum absolute atomic E-state index is 0.0130. The second-order valence-electron chi connectivity index (χ2n) is 10.5. The van der Waals surface area contributed by atoms with Crippen molar-refractivity contribution in [2.45, 2.75) is 98.4 Å². The molecule has 7 atom stereocenters. The van der Waals surface area contributed by atoms with Gasteiger partial charge in [-0.2, -0.15) is 0 Å². The van der Waals surface area contributed by atoms with Crippen molar-refractivity contribution in [3.8, 4) is 0 Å². The molecule has 2 aliphatic rings.